The Bertz CT molecular complexity index is 424. The van der Waals surface area contributed by atoms with Gasteiger partial charge in [0.1, 0.15) is 5.78 Å². The number of aromatic nitrogens is 2. The van der Waals surface area contributed by atoms with Crippen LogP contribution in [0.3, 0.4) is 0 Å². The number of carbonyl (C=O) groups is 1. The standard InChI is InChI=1S/C14H22N4O/c1-11(19)10-18(3)14-5-4-13(15-16-14)12-6-8-17(2)9-7-12/h4-5,12H,6-10H2,1-3H3. The van der Waals surface area contributed by atoms with Crippen molar-refractivity contribution in [3.8, 4) is 0 Å². The molecule has 1 aliphatic heterocycles. The average Bonchev–Trinajstić information content (AvgIpc) is 2.39. The van der Waals surface area contributed by atoms with Crippen LogP contribution >= 0.6 is 0 Å². The number of rotatable bonds is 4. The molecule has 0 aromatic carbocycles. The molecule has 2 heterocycles. The Morgan fingerprint density at radius 3 is 2.58 bits per heavy atom. The van der Waals surface area contributed by atoms with Crippen LogP contribution in [0, 0.1) is 0 Å². The molecule has 0 aliphatic carbocycles. The van der Waals surface area contributed by atoms with E-state index in [1.165, 1.54) is 0 Å². The molecule has 0 amide bonds. The maximum Gasteiger partial charge on any atom is 0.151 e. The van der Waals surface area contributed by atoms with Gasteiger partial charge in [0, 0.05) is 13.0 Å². The minimum Gasteiger partial charge on any atom is -0.351 e. The molecule has 2 rings (SSSR count). The quantitative estimate of drug-likeness (QED) is 0.819. The van der Waals surface area contributed by atoms with Gasteiger partial charge in [-0.05, 0) is 52.0 Å². The molecule has 0 bridgehead atoms. The highest BCUT2D eigenvalue weighted by molar-refractivity contribution is 5.80. The zero-order valence-corrected chi connectivity index (χ0v) is 12.0. The van der Waals surface area contributed by atoms with Crippen molar-refractivity contribution < 1.29 is 4.79 Å². The summed E-state index contributed by atoms with van der Waals surface area (Å²) in [7, 11) is 4.02. The number of carbonyl (C=O) groups excluding carboxylic acids is 1. The fourth-order valence-corrected chi connectivity index (χ4v) is 2.48. The number of nitrogens with zero attached hydrogens (tertiary/aromatic N) is 4. The second-order valence-corrected chi connectivity index (χ2v) is 5.45. The van der Waals surface area contributed by atoms with Crippen LogP contribution in [0.5, 0.6) is 0 Å². The number of Topliss-reactive ketones (excluding diaryl/α,β-unsaturated/α-hetero) is 1. The van der Waals surface area contributed by atoms with Crippen molar-refractivity contribution in [1.29, 1.82) is 0 Å². The minimum atomic E-state index is 0.128. The molecule has 0 saturated carbocycles. The summed E-state index contributed by atoms with van der Waals surface area (Å²) < 4.78 is 0. The van der Waals surface area contributed by atoms with Crippen LogP contribution in [0.1, 0.15) is 31.4 Å². The molecule has 104 valence electrons. The third kappa shape index (κ3) is 3.73. The fourth-order valence-electron chi connectivity index (χ4n) is 2.48. The summed E-state index contributed by atoms with van der Waals surface area (Å²) in [4.78, 5) is 15.3. The summed E-state index contributed by atoms with van der Waals surface area (Å²) in [6, 6.07) is 4.01. The van der Waals surface area contributed by atoms with Gasteiger partial charge in [-0.2, -0.15) is 5.10 Å². The number of anilines is 1. The molecule has 0 atom stereocenters. The van der Waals surface area contributed by atoms with E-state index in [1.54, 1.807) is 6.92 Å². The molecule has 19 heavy (non-hydrogen) atoms. The molecule has 1 aromatic heterocycles. The van der Waals surface area contributed by atoms with E-state index < -0.39 is 0 Å². The molecule has 0 N–H and O–H groups in total. The molecular formula is C14H22N4O. The molecule has 1 fully saturated rings. The van der Waals surface area contributed by atoms with Gasteiger partial charge in [-0.15, -0.1) is 5.10 Å². The number of likely N-dealkylation sites (tertiary alicyclic amines) is 1. The third-order valence-corrected chi connectivity index (χ3v) is 3.66. The van der Waals surface area contributed by atoms with Crippen molar-refractivity contribution in [3.05, 3.63) is 17.8 Å². The topological polar surface area (TPSA) is 49.3 Å². The lowest BCUT2D eigenvalue weighted by molar-refractivity contribution is -0.115. The molecule has 1 aromatic rings. The summed E-state index contributed by atoms with van der Waals surface area (Å²) >= 11 is 0. The average molecular weight is 262 g/mol. The summed E-state index contributed by atoms with van der Waals surface area (Å²) in [6.45, 7) is 4.20. The lowest BCUT2D eigenvalue weighted by Crippen LogP contribution is -2.30. The highest BCUT2D eigenvalue weighted by Gasteiger charge is 2.20. The van der Waals surface area contributed by atoms with Gasteiger partial charge in [-0.3, -0.25) is 4.79 Å². The van der Waals surface area contributed by atoms with Crippen molar-refractivity contribution in [3.63, 3.8) is 0 Å². The Hall–Kier alpha value is -1.49. The number of piperidine rings is 1. The summed E-state index contributed by atoms with van der Waals surface area (Å²) in [5, 5.41) is 8.57. The largest absolute Gasteiger partial charge is 0.351 e. The SMILES string of the molecule is CC(=O)CN(C)c1ccc(C2CCN(C)CC2)nn1. The highest BCUT2D eigenvalue weighted by atomic mass is 16.1. The van der Waals surface area contributed by atoms with E-state index in [0.29, 0.717) is 12.5 Å². The Morgan fingerprint density at radius 2 is 2.05 bits per heavy atom. The van der Waals surface area contributed by atoms with E-state index in [4.69, 9.17) is 0 Å². The first-order chi connectivity index (χ1) is 9.06. The Balaban J connectivity index is 2.00. The molecule has 0 radical (unpaired) electrons. The Kier molecular flexibility index (Phi) is 4.47. The van der Waals surface area contributed by atoms with Crippen LogP contribution in [-0.4, -0.2) is 54.6 Å². The van der Waals surface area contributed by atoms with E-state index in [-0.39, 0.29) is 5.78 Å². The zero-order chi connectivity index (χ0) is 13.8. The van der Waals surface area contributed by atoms with Crippen molar-refractivity contribution in [1.82, 2.24) is 15.1 Å². The van der Waals surface area contributed by atoms with Crippen LogP contribution in [-0.2, 0) is 4.79 Å². The maximum atomic E-state index is 11.1. The van der Waals surface area contributed by atoms with Gasteiger partial charge in [0.25, 0.3) is 0 Å². The van der Waals surface area contributed by atoms with Gasteiger partial charge >= 0.3 is 0 Å². The molecule has 1 saturated heterocycles. The Morgan fingerprint density at radius 1 is 1.37 bits per heavy atom. The van der Waals surface area contributed by atoms with Crippen LogP contribution in [0.15, 0.2) is 12.1 Å². The van der Waals surface area contributed by atoms with Crippen LogP contribution in [0.25, 0.3) is 0 Å². The lowest BCUT2D eigenvalue weighted by atomic mass is 9.94. The van der Waals surface area contributed by atoms with Crippen LogP contribution < -0.4 is 4.90 Å². The van der Waals surface area contributed by atoms with Gasteiger partial charge in [0.05, 0.1) is 12.2 Å². The maximum absolute atomic E-state index is 11.1. The smallest absolute Gasteiger partial charge is 0.151 e. The first-order valence-corrected chi connectivity index (χ1v) is 6.79. The van der Waals surface area contributed by atoms with Gasteiger partial charge in [0.15, 0.2) is 5.82 Å². The predicted octanol–water partition coefficient (Wildman–Crippen LogP) is 1.31. The summed E-state index contributed by atoms with van der Waals surface area (Å²) in [5.74, 6) is 1.41. The van der Waals surface area contributed by atoms with Crippen molar-refractivity contribution in [2.45, 2.75) is 25.7 Å². The number of hydrogen-bond acceptors (Lipinski definition) is 5. The number of likely N-dealkylation sites (N-methyl/N-ethyl adjacent to an activating group) is 1. The molecule has 0 unspecified atom stereocenters. The molecule has 5 nitrogen and oxygen atoms in total. The van der Waals surface area contributed by atoms with Crippen molar-refractivity contribution >= 4 is 11.6 Å². The highest BCUT2D eigenvalue weighted by Crippen LogP contribution is 2.26. The number of ketones is 1. The van der Waals surface area contributed by atoms with Crippen LogP contribution in [0.2, 0.25) is 0 Å². The third-order valence-electron chi connectivity index (χ3n) is 3.66. The molecule has 1 aliphatic rings. The van der Waals surface area contributed by atoms with Gasteiger partial charge in [-0.1, -0.05) is 0 Å². The summed E-state index contributed by atoms with van der Waals surface area (Å²) in [5.41, 5.74) is 1.08. The van der Waals surface area contributed by atoms with Gasteiger partial charge in [0.2, 0.25) is 0 Å². The van der Waals surface area contributed by atoms with Crippen LogP contribution in [0.4, 0.5) is 5.82 Å². The molecular weight excluding hydrogens is 240 g/mol. The number of hydrogen-bond donors (Lipinski definition) is 0. The van der Waals surface area contributed by atoms with Crippen molar-refractivity contribution in [2.24, 2.45) is 0 Å². The molecule has 5 heteroatoms. The van der Waals surface area contributed by atoms with E-state index in [9.17, 15) is 4.79 Å². The monoisotopic (exact) mass is 262 g/mol. The minimum absolute atomic E-state index is 0.128. The summed E-state index contributed by atoms with van der Waals surface area (Å²) in [6.07, 6.45) is 2.29. The predicted molar refractivity (Wildman–Crippen MR) is 75.5 cm³/mol. The fraction of sp³-hybridized carbons (Fsp3) is 0.643. The first-order valence-electron chi connectivity index (χ1n) is 6.79. The van der Waals surface area contributed by atoms with E-state index >= 15 is 0 Å². The van der Waals surface area contributed by atoms with Gasteiger partial charge in [-0.25, -0.2) is 0 Å². The first kappa shape index (κ1) is 13.9. The van der Waals surface area contributed by atoms with Gasteiger partial charge < -0.3 is 9.80 Å². The normalized spacial score (nSPS) is 17.4. The van der Waals surface area contributed by atoms with E-state index in [2.05, 4.69) is 28.2 Å². The van der Waals surface area contributed by atoms with Crippen molar-refractivity contribution in [2.75, 3.05) is 38.6 Å². The molecule has 0 spiro atoms. The second kappa shape index (κ2) is 6.10. The van der Waals surface area contributed by atoms with E-state index in [1.807, 2.05) is 18.0 Å². The lowest BCUT2D eigenvalue weighted by Gasteiger charge is -2.28. The Labute approximate surface area is 114 Å². The zero-order valence-electron chi connectivity index (χ0n) is 12.0. The second-order valence-electron chi connectivity index (χ2n) is 5.45. The van der Waals surface area contributed by atoms with E-state index in [0.717, 1.165) is 37.4 Å².